The summed E-state index contributed by atoms with van der Waals surface area (Å²) in [6.07, 6.45) is 0.833. The first-order valence-corrected chi connectivity index (χ1v) is 6.72. The summed E-state index contributed by atoms with van der Waals surface area (Å²) in [7, 11) is 6.82. The molecular weight excluding hydrogens is 256 g/mol. The number of urea groups is 1. The number of amides is 2. The van der Waals surface area contributed by atoms with E-state index in [0.717, 1.165) is 24.3 Å². The van der Waals surface area contributed by atoms with Gasteiger partial charge in [0.2, 0.25) is 0 Å². The van der Waals surface area contributed by atoms with Crippen LogP contribution in [0.5, 0.6) is 11.5 Å². The first kappa shape index (κ1) is 14.5. The van der Waals surface area contributed by atoms with E-state index in [1.165, 1.54) is 5.56 Å². The van der Waals surface area contributed by atoms with Gasteiger partial charge in [-0.1, -0.05) is 0 Å². The van der Waals surface area contributed by atoms with Gasteiger partial charge in [0.25, 0.3) is 0 Å². The lowest BCUT2D eigenvalue weighted by Crippen LogP contribution is -2.44. The summed E-state index contributed by atoms with van der Waals surface area (Å²) in [5, 5.41) is 0. The Balaban J connectivity index is 2.38. The van der Waals surface area contributed by atoms with Gasteiger partial charge in [-0.3, -0.25) is 0 Å². The standard InChI is InChI=1S/C15H22N2O3/c1-10-12-9-14(20-5)13(19-4)8-11(12)6-7-17(10)15(18)16(2)3/h8-10H,6-7H2,1-5H3. The lowest BCUT2D eigenvalue weighted by Gasteiger charge is -2.37. The highest BCUT2D eigenvalue weighted by atomic mass is 16.5. The number of hydrogen-bond donors (Lipinski definition) is 0. The molecule has 20 heavy (non-hydrogen) atoms. The van der Waals surface area contributed by atoms with Gasteiger partial charge in [-0.15, -0.1) is 0 Å². The van der Waals surface area contributed by atoms with Crippen LogP contribution in [0.3, 0.4) is 0 Å². The zero-order chi connectivity index (χ0) is 14.9. The molecule has 0 aromatic heterocycles. The highest BCUT2D eigenvalue weighted by Crippen LogP contribution is 2.37. The second-order valence-electron chi connectivity index (χ2n) is 5.20. The normalized spacial score (nSPS) is 17.4. The van der Waals surface area contributed by atoms with Gasteiger partial charge in [0, 0.05) is 20.6 Å². The monoisotopic (exact) mass is 278 g/mol. The van der Waals surface area contributed by atoms with Crippen molar-refractivity contribution < 1.29 is 14.3 Å². The van der Waals surface area contributed by atoms with Gasteiger partial charge in [0.1, 0.15) is 0 Å². The van der Waals surface area contributed by atoms with E-state index in [1.54, 1.807) is 33.2 Å². The molecule has 1 atom stereocenters. The SMILES string of the molecule is COc1cc2c(cc1OC)C(C)N(C(=O)N(C)C)CC2. The number of carbonyl (C=O) groups excluding carboxylic acids is 1. The fourth-order valence-electron chi connectivity index (χ4n) is 2.66. The van der Waals surface area contributed by atoms with Crippen molar-refractivity contribution in [2.45, 2.75) is 19.4 Å². The van der Waals surface area contributed by atoms with Crippen LogP contribution in [0.25, 0.3) is 0 Å². The quantitative estimate of drug-likeness (QED) is 0.833. The van der Waals surface area contributed by atoms with Crippen LogP contribution in [0.1, 0.15) is 24.1 Å². The summed E-state index contributed by atoms with van der Waals surface area (Å²) in [4.78, 5) is 15.7. The van der Waals surface area contributed by atoms with Crippen molar-refractivity contribution in [2.24, 2.45) is 0 Å². The Labute approximate surface area is 120 Å². The molecule has 0 N–H and O–H groups in total. The van der Waals surface area contributed by atoms with E-state index in [-0.39, 0.29) is 12.1 Å². The first-order valence-electron chi connectivity index (χ1n) is 6.72. The number of fused-ring (bicyclic) bond motifs is 1. The third kappa shape index (κ3) is 2.40. The number of ether oxygens (including phenoxy) is 2. The molecule has 1 heterocycles. The van der Waals surface area contributed by atoms with Crippen LogP contribution in [0.2, 0.25) is 0 Å². The van der Waals surface area contributed by atoms with Crippen LogP contribution in [0.4, 0.5) is 4.79 Å². The number of carbonyl (C=O) groups is 1. The maximum absolute atomic E-state index is 12.2. The molecule has 0 saturated heterocycles. The maximum atomic E-state index is 12.2. The largest absolute Gasteiger partial charge is 0.493 e. The van der Waals surface area contributed by atoms with Crippen molar-refractivity contribution in [2.75, 3.05) is 34.9 Å². The Morgan fingerprint density at radius 3 is 2.40 bits per heavy atom. The zero-order valence-corrected chi connectivity index (χ0v) is 12.8. The van der Waals surface area contributed by atoms with Crippen molar-refractivity contribution in [3.63, 3.8) is 0 Å². The van der Waals surface area contributed by atoms with Crippen LogP contribution in [0.15, 0.2) is 12.1 Å². The second-order valence-corrected chi connectivity index (χ2v) is 5.20. The molecule has 5 nitrogen and oxygen atoms in total. The van der Waals surface area contributed by atoms with Crippen LogP contribution in [-0.2, 0) is 6.42 Å². The minimum Gasteiger partial charge on any atom is -0.493 e. The number of benzene rings is 1. The van der Waals surface area contributed by atoms with Gasteiger partial charge in [-0.2, -0.15) is 0 Å². The average molecular weight is 278 g/mol. The van der Waals surface area contributed by atoms with Gasteiger partial charge in [-0.25, -0.2) is 4.79 Å². The van der Waals surface area contributed by atoms with Gasteiger partial charge in [0.05, 0.1) is 20.3 Å². The summed E-state index contributed by atoms with van der Waals surface area (Å²) in [5.41, 5.74) is 2.35. The summed E-state index contributed by atoms with van der Waals surface area (Å²) in [6, 6.07) is 4.07. The predicted octanol–water partition coefficient (Wildman–Crippen LogP) is 2.30. The van der Waals surface area contributed by atoms with Gasteiger partial charge in [0.15, 0.2) is 11.5 Å². The van der Waals surface area contributed by atoms with Crippen LogP contribution in [0, 0.1) is 0 Å². The Hall–Kier alpha value is -1.91. The number of hydrogen-bond acceptors (Lipinski definition) is 3. The fourth-order valence-corrected chi connectivity index (χ4v) is 2.66. The molecule has 1 aromatic rings. The first-order chi connectivity index (χ1) is 9.49. The second kappa shape index (κ2) is 5.61. The summed E-state index contributed by atoms with van der Waals surface area (Å²) in [6.45, 7) is 2.77. The van der Waals surface area contributed by atoms with Gasteiger partial charge >= 0.3 is 6.03 Å². The smallest absolute Gasteiger partial charge is 0.319 e. The van der Waals surface area contributed by atoms with Crippen molar-refractivity contribution in [1.29, 1.82) is 0 Å². The van der Waals surface area contributed by atoms with E-state index in [9.17, 15) is 4.79 Å². The predicted molar refractivity (Wildman–Crippen MR) is 77.5 cm³/mol. The molecule has 0 aliphatic carbocycles. The van der Waals surface area contributed by atoms with Crippen molar-refractivity contribution in [1.82, 2.24) is 9.80 Å². The van der Waals surface area contributed by atoms with Crippen molar-refractivity contribution in [3.8, 4) is 11.5 Å². The maximum Gasteiger partial charge on any atom is 0.319 e. The molecule has 0 radical (unpaired) electrons. The molecular formula is C15H22N2O3. The van der Waals surface area contributed by atoms with E-state index < -0.39 is 0 Å². The average Bonchev–Trinajstić information content (AvgIpc) is 2.45. The summed E-state index contributed by atoms with van der Waals surface area (Å²) >= 11 is 0. The fraction of sp³-hybridized carbons (Fsp3) is 0.533. The number of nitrogens with zero attached hydrogens (tertiary/aromatic N) is 2. The summed E-state index contributed by atoms with van der Waals surface area (Å²) < 4.78 is 10.7. The third-order valence-electron chi connectivity index (χ3n) is 3.81. The minimum absolute atomic E-state index is 0.0356. The topological polar surface area (TPSA) is 42.0 Å². The van der Waals surface area contributed by atoms with Gasteiger partial charge < -0.3 is 19.3 Å². The molecule has 2 rings (SSSR count). The van der Waals surface area contributed by atoms with E-state index >= 15 is 0 Å². The molecule has 5 heteroatoms. The molecule has 0 saturated carbocycles. The Morgan fingerprint density at radius 2 is 1.85 bits per heavy atom. The van der Waals surface area contributed by atoms with Crippen LogP contribution in [-0.4, -0.2) is 50.7 Å². The molecule has 1 unspecified atom stereocenters. The third-order valence-corrected chi connectivity index (χ3v) is 3.81. The molecule has 110 valence electrons. The molecule has 2 amide bonds. The summed E-state index contributed by atoms with van der Waals surface area (Å²) in [5.74, 6) is 1.45. The Morgan fingerprint density at radius 1 is 1.25 bits per heavy atom. The molecule has 0 fully saturated rings. The van der Waals surface area contributed by atoms with Crippen LogP contribution >= 0.6 is 0 Å². The van der Waals surface area contributed by atoms with E-state index in [2.05, 4.69) is 0 Å². The molecule has 0 bridgehead atoms. The Bertz CT molecular complexity index is 514. The van der Waals surface area contributed by atoms with E-state index in [4.69, 9.17) is 9.47 Å². The Kier molecular flexibility index (Phi) is 4.06. The minimum atomic E-state index is 0.0356. The van der Waals surface area contributed by atoms with Crippen LogP contribution < -0.4 is 9.47 Å². The van der Waals surface area contributed by atoms with Gasteiger partial charge in [-0.05, 0) is 36.6 Å². The molecule has 1 aliphatic heterocycles. The molecule has 1 aliphatic rings. The van der Waals surface area contributed by atoms with Crippen molar-refractivity contribution >= 4 is 6.03 Å². The van der Waals surface area contributed by atoms with E-state index in [0.29, 0.717) is 5.75 Å². The lowest BCUT2D eigenvalue weighted by atomic mass is 9.93. The van der Waals surface area contributed by atoms with E-state index in [1.807, 2.05) is 24.0 Å². The van der Waals surface area contributed by atoms with Crippen molar-refractivity contribution in [3.05, 3.63) is 23.3 Å². The molecule has 1 aromatic carbocycles. The highest BCUT2D eigenvalue weighted by molar-refractivity contribution is 5.75. The zero-order valence-electron chi connectivity index (χ0n) is 12.8. The molecule has 0 spiro atoms. The number of rotatable bonds is 2. The lowest BCUT2D eigenvalue weighted by molar-refractivity contribution is 0.149. The highest BCUT2D eigenvalue weighted by Gasteiger charge is 2.29. The number of methoxy groups -OCH3 is 2.